The quantitative estimate of drug-likeness (QED) is 0.159. The first-order valence-electron chi connectivity index (χ1n) is 18.2. The van der Waals surface area contributed by atoms with Crippen LogP contribution in [0.1, 0.15) is 0 Å². The molecule has 1 heterocycles. The highest BCUT2D eigenvalue weighted by Gasteiger charge is 2.17. The van der Waals surface area contributed by atoms with Gasteiger partial charge in [-0.2, -0.15) is 0 Å². The van der Waals surface area contributed by atoms with Crippen LogP contribution in [0.4, 0.5) is 0 Å². The third kappa shape index (κ3) is 6.74. The second-order valence-electron chi connectivity index (χ2n) is 13.2. The van der Waals surface area contributed by atoms with Crippen molar-refractivity contribution in [2.75, 3.05) is 0 Å². The zero-order chi connectivity index (χ0) is 36.1. The third-order valence-electron chi connectivity index (χ3n) is 9.78. The first kappa shape index (κ1) is 32.7. The summed E-state index contributed by atoms with van der Waals surface area (Å²) in [6.07, 6.45) is 0. The predicted molar refractivity (Wildman–Crippen MR) is 223 cm³/mol. The summed E-state index contributed by atoms with van der Waals surface area (Å²) >= 11 is 0. The second kappa shape index (κ2) is 14.8. The van der Waals surface area contributed by atoms with E-state index in [-0.39, 0.29) is 0 Å². The summed E-state index contributed by atoms with van der Waals surface area (Å²) in [7, 11) is 0. The molecule has 0 unspecified atom stereocenters. The molecule has 0 spiro atoms. The summed E-state index contributed by atoms with van der Waals surface area (Å²) in [5.41, 5.74) is 14.2. The van der Waals surface area contributed by atoms with Gasteiger partial charge in [-0.3, -0.25) is 0 Å². The Morgan fingerprint density at radius 2 is 0.500 bits per heavy atom. The molecule has 0 radical (unpaired) electrons. The van der Waals surface area contributed by atoms with Crippen LogP contribution < -0.4 is 0 Å². The maximum atomic E-state index is 5.22. The molecule has 0 saturated carbocycles. The summed E-state index contributed by atoms with van der Waals surface area (Å²) in [5, 5.41) is 0. The van der Waals surface area contributed by atoms with E-state index in [9.17, 15) is 0 Å². The van der Waals surface area contributed by atoms with Crippen LogP contribution in [0.3, 0.4) is 0 Å². The minimum atomic E-state index is 0.619. The zero-order valence-electron chi connectivity index (χ0n) is 29.5. The van der Waals surface area contributed by atoms with E-state index in [2.05, 4.69) is 200 Å². The van der Waals surface area contributed by atoms with Gasteiger partial charge in [-0.25, -0.2) is 15.0 Å². The highest BCUT2D eigenvalue weighted by molar-refractivity contribution is 5.86. The molecule has 1 aromatic heterocycles. The average molecular weight is 690 g/mol. The van der Waals surface area contributed by atoms with Crippen molar-refractivity contribution in [3.05, 3.63) is 212 Å². The molecular weight excluding hydrogens is 655 g/mol. The van der Waals surface area contributed by atoms with Gasteiger partial charge in [-0.05, 0) is 67.8 Å². The van der Waals surface area contributed by atoms with Crippen molar-refractivity contribution in [1.29, 1.82) is 0 Å². The van der Waals surface area contributed by atoms with Crippen LogP contribution in [0, 0.1) is 0 Å². The van der Waals surface area contributed by atoms with E-state index in [1.807, 2.05) is 12.1 Å². The molecule has 0 aliphatic carbocycles. The lowest BCUT2D eigenvalue weighted by atomic mass is 9.93. The molecule has 0 fully saturated rings. The molecule has 9 rings (SSSR count). The van der Waals surface area contributed by atoms with Crippen molar-refractivity contribution in [3.63, 3.8) is 0 Å². The number of benzene rings is 8. The van der Waals surface area contributed by atoms with Crippen LogP contribution >= 0.6 is 0 Å². The Morgan fingerprint density at radius 3 is 1.07 bits per heavy atom. The Bertz CT molecular complexity index is 2690. The molecule has 8 aromatic carbocycles. The lowest BCUT2D eigenvalue weighted by Gasteiger charge is -2.14. The van der Waals surface area contributed by atoms with Crippen LogP contribution in [0.5, 0.6) is 0 Å². The first-order chi connectivity index (χ1) is 26.8. The monoisotopic (exact) mass is 689 g/mol. The molecule has 254 valence electrons. The van der Waals surface area contributed by atoms with Crippen molar-refractivity contribution in [3.8, 4) is 89.8 Å². The SMILES string of the molecule is c1ccc(-c2ccc(-c3ccccc3-c3nc(-c4cccc(-c5ccccc5)c4)nc(-c4cccc(-c5ccccc5-c5ccccc5)c4)n3)cc2)cc1. The Balaban J connectivity index is 1.19. The summed E-state index contributed by atoms with van der Waals surface area (Å²) < 4.78 is 0. The molecule has 3 heteroatoms. The number of hydrogen-bond donors (Lipinski definition) is 0. The van der Waals surface area contributed by atoms with Crippen molar-refractivity contribution in [2.45, 2.75) is 0 Å². The van der Waals surface area contributed by atoms with E-state index in [1.165, 1.54) is 22.3 Å². The number of hydrogen-bond acceptors (Lipinski definition) is 3. The largest absolute Gasteiger partial charge is 0.208 e. The number of rotatable bonds is 8. The molecule has 3 nitrogen and oxygen atoms in total. The van der Waals surface area contributed by atoms with Gasteiger partial charge in [0.05, 0.1) is 0 Å². The number of aromatic nitrogens is 3. The van der Waals surface area contributed by atoms with E-state index in [4.69, 9.17) is 15.0 Å². The predicted octanol–water partition coefficient (Wildman–Crippen LogP) is 13.2. The Morgan fingerprint density at radius 1 is 0.185 bits per heavy atom. The Hall–Kier alpha value is -7.23. The number of nitrogens with zero attached hydrogens (tertiary/aromatic N) is 3. The highest BCUT2D eigenvalue weighted by atomic mass is 15.0. The fourth-order valence-corrected chi connectivity index (χ4v) is 7.06. The topological polar surface area (TPSA) is 38.7 Å². The van der Waals surface area contributed by atoms with Gasteiger partial charge in [0.15, 0.2) is 17.5 Å². The van der Waals surface area contributed by atoms with Crippen LogP contribution in [-0.2, 0) is 0 Å². The van der Waals surface area contributed by atoms with Gasteiger partial charge in [0.2, 0.25) is 0 Å². The van der Waals surface area contributed by atoms with Gasteiger partial charge in [0.1, 0.15) is 0 Å². The molecule has 0 bridgehead atoms. The average Bonchev–Trinajstić information content (AvgIpc) is 3.27. The minimum absolute atomic E-state index is 0.619. The third-order valence-corrected chi connectivity index (χ3v) is 9.78. The van der Waals surface area contributed by atoms with E-state index in [0.717, 1.165) is 50.1 Å². The Labute approximate surface area is 316 Å². The van der Waals surface area contributed by atoms with Gasteiger partial charge >= 0.3 is 0 Å². The second-order valence-corrected chi connectivity index (χ2v) is 13.2. The van der Waals surface area contributed by atoms with Gasteiger partial charge in [-0.15, -0.1) is 0 Å². The van der Waals surface area contributed by atoms with Crippen molar-refractivity contribution in [1.82, 2.24) is 15.0 Å². The minimum Gasteiger partial charge on any atom is -0.208 e. The standard InChI is InChI=1S/C51H35N3/c1-4-16-36(17-5-1)38-30-32-40(33-31-38)46-27-12-13-29-48(46)51-53-49(43-24-14-22-41(34-43)37-18-6-2-7-19-37)52-50(54-51)44-25-15-23-42(35-44)47-28-11-10-26-45(47)39-20-8-3-9-21-39/h1-35H. The summed E-state index contributed by atoms with van der Waals surface area (Å²) in [6, 6.07) is 74.0. The smallest absolute Gasteiger partial charge is 0.164 e. The maximum Gasteiger partial charge on any atom is 0.164 e. The molecule has 0 aliphatic heterocycles. The van der Waals surface area contributed by atoms with Crippen LogP contribution in [0.2, 0.25) is 0 Å². The van der Waals surface area contributed by atoms with Crippen molar-refractivity contribution >= 4 is 0 Å². The molecule has 0 aliphatic rings. The molecule has 0 atom stereocenters. The molecule has 0 saturated heterocycles. The van der Waals surface area contributed by atoms with E-state index in [0.29, 0.717) is 17.5 Å². The zero-order valence-corrected chi connectivity index (χ0v) is 29.5. The summed E-state index contributed by atoms with van der Waals surface area (Å²) in [6.45, 7) is 0. The molecule has 54 heavy (non-hydrogen) atoms. The highest BCUT2D eigenvalue weighted by Crippen LogP contribution is 2.37. The summed E-state index contributed by atoms with van der Waals surface area (Å²) in [4.78, 5) is 15.6. The van der Waals surface area contributed by atoms with Crippen LogP contribution in [0.25, 0.3) is 89.8 Å². The van der Waals surface area contributed by atoms with Gasteiger partial charge in [0, 0.05) is 16.7 Å². The van der Waals surface area contributed by atoms with E-state index in [1.54, 1.807) is 0 Å². The molecule has 0 N–H and O–H groups in total. The van der Waals surface area contributed by atoms with Crippen LogP contribution in [-0.4, -0.2) is 15.0 Å². The van der Waals surface area contributed by atoms with E-state index < -0.39 is 0 Å². The molecular formula is C51H35N3. The lowest BCUT2D eigenvalue weighted by molar-refractivity contribution is 1.07. The van der Waals surface area contributed by atoms with Gasteiger partial charge < -0.3 is 0 Å². The first-order valence-corrected chi connectivity index (χ1v) is 18.2. The summed E-state index contributed by atoms with van der Waals surface area (Å²) in [5.74, 6) is 1.86. The fourth-order valence-electron chi connectivity index (χ4n) is 7.06. The van der Waals surface area contributed by atoms with Gasteiger partial charge in [0.25, 0.3) is 0 Å². The molecule has 0 amide bonds. The Kier molecular flexibility index (Phi) is 8.94. The van der Waals surface area contributed by atoms with Gasteiger partial charge in [-0.1, -0.05) is 200 Å². The van der Waals surface area contributed by atoms with Crippen molar-refractivity contribution < 1.29 is 0 Å². The van der Waals surface area contributed by atoms with Crippen molar-refractivity contribution in [2.24, 2.45) is 0 Å². The fraction of sp³-hybridized carbons (Fsp3) is 0. The van der Waals surface area contributed by atoms with E-state index >= 15 is 0 Å². The lowest BCUT2D eigenvalue weighted by Crippen LogP contribution is -2.01. The normalized spacial score (nSPS) is 11.0. The maximum absolute atomic E-state index is 5.22. The molecule has 9 aromatic rings. The van der Waals surface area contributed by atoms with Crippen LogP contribution in [0.15, 0.2) is 212 Å².